The van der Waals surface area contributed by atoms with Crippen molar-refractivity contribution in [3.05, 3.63) is 44.2 Å². The first kappa shape index (κ1) is 18.1. The van der Waals surface area contributed by atoms with Crippen molar-refractivity contribution in [2.24, 2.45) is 0 Å². The van der Waals surface area contributed by atoms with Gasteiger partial charge in [0.05, 0.1) is 0 Å². The summed E-state index contributed by atoms with van der Waals surface area (Å²) in [5, 5.41) is 0. The molecule has 0 fully saturated rings. The molecule has 0 heterocycles. The molecule has 0 aliphatic heterocycles. The van der Waals surface area contributed by atoms with Gasteiger partial charge < -0.3 is 14.9 Å². The van der Waals surface area contributed by atoms with E-state index in [-0.39, 0.29) is 41.1 Å². The van der Waals surface area contributed by atoms with E-state index in [1.165, 1.54) is 24.0 Å². The van der Waals surface area contributed by atoms with Crippen molar-refractivity contribution in [2.75, 3.05) is 0 Å². The van der Waals surface area contributed by atoms with E-state index >= 15 is 0 Å². The third kappa shape index (κ3) is 5.83. The van der Waals surface area contributed by atoms with Crippen LogP contribution in [0.15, 0.2) is 18.2 Å². The summed E-state index contributed by atoms with van der Waals surface area (Å²) >= 11 is 0. The molecule has 0 aliphatic rings. The second-order valence-electron chi connectivity index (χ2n) is 2.55. The fourth-order valence-corrected chi connectivity index (χ4v) is 1.07. The van der Waals surface area contributed by atoms with E-state index in [0.717, 1.165) is 0 Å². The van der Waals surface area contributed by atoms with Crippen LogP contribution in [-0.4, -0.2) is 0 Å². The molecule has 1 aromatic rings. The Hall–Kier alpha value is 0.233. The zero-order valence-electron chi connectivity index (χ0n) is 8.65. The van der Waals surface area contributed by atoms with Crippen LogP contribution in [0, 0.1) is 21.8 Å². The molecular formula is C11H19Zr. The minimum absolute atomic E-state index is 0. The third-order valence-corrected chi connectivity index (χ3v) is 1.51. The normalized spacial score (nSPS) is 7.50. The van der Waals surface area contributed by atoms with Crippen LogP contribution in [0.1, 0.15) is 24.5 Å². The summed E-state index contributed by atoms with van der Waals surface area (Å²) in [4.78, 5) is 0. The number of aryl methyl sites for hydroxylation is 2. The third-order valence-electron chi connectivity index (χ3n) is 1.51. The van der Waals surface area contributed by atoms with E-state index in [1.807, 2.05) is 0 Å². The second-order valence-corrected chi connectivity index (χ2v) is 2.55. The Bertz CT molecular complexity index is 177. The molecule has 1 aromatic carbocycles. The fourth-order valence-electron chi connectivity index (χ4n) is 1.07. The summed E-state index contributed by atoms with van der Waals surface area (Å²) in [6, 6.07) is 6.63. The molecule has 67 valence electrons. The Labute approximate surface area is 96.9 Å². The quantitative estimate of drug-likeness (QED) is 0.696. The Morgan fingerprint density at radius 3 is 2.25 bits per heavy atom. The topological polar surface area (TPSA) is 0 Å². The van der Waals surface area contributed by atoms with Crippen molar-refractivity contribution in [1.29, 1.82) is 0 Å². The van der Waals surface area contributed by atoms with Gasteiger partial charge in [-0.2, -0.15) is 23.3 Å². The molecule has 0 bridgehead atoms. The Balaban J connectivity index is -0.000000270. The van der Waals surface area contributed by atoms with Crippen LogP contribution in [-0.2, 0) is 32.6 Å². The van der Waals surface area contributed by atoms with Crippen LogP contribution in [0.4, 0.5) is 0 Å². The summed E-state index contributed by atoms with van der Waals surface area (Å²) in [7, 11) is 0. The smallest absolute Gasteiger partial charge is 0.358 e. The fraction of sp³-hybridized carbons (Fsp3) is 0.364. The molecule has 12 heavy (non-hydrogen) atoms. The molecule has 0 nitrogen and oxygen atoms in total. The molecule has 1 radical (unpaired) electrons. The van der Waals surface area contributed by atoms with Crippen molar-refractivity contribution in [3.63, 3.8) is 0 Å². The van der Waals surface area contributed by atoms with E-state index in [4.69, 9.17) is 0 Å². The van der Waals surface area contributed by atoms with E-state index in [9.17, 15) is 0 Å². The first-order valence-electron chi connectivity index (χ1n) is 3.55. The molecule has 0 saturated carbocycles. The van der Waals surface area contributed by atoms with Crippen LogP contribution in [0.5, 0.6) is 0 Å². The van der Waals surface area contributed by atoms with Crippen LogP contribution < -0.4 is 0 Å². The molecule has 0 aliphatic carbocycles. The van der Waals surface area contributed by atoms with Gasteiger partial charge in [-0.05, 0) is 0 Å². The van der Waals surface area contributed by atoms with Crippen molar-refractivity contribution in [1.82, 2.24) is 0 Å². The monoisotopic (exact) mass is 241 g/mol. The molecule has 0 N–H and O–H groups in total. The Kier molecular flexibility index (Phi) is 14.1. The summed E-state index contributed by atoms with van der Waals surface area (Å²) in [6.07, 6.45) is 2.48. The number of rotatable bonds is 2. The molecular weight excluding hydrogens is 223 g/mol. The van der Waals surface area contributed by atoms with E-state index in [2.05, 4.69) is 32.0 Å². The zero-order valence-corrected chi connectivity index (χ0v) is 11.1. The van der Waals surface area contributed by atoms with Gasteiger partial charge in [-0.15, -0.1) is 0 Å². The Morgan fingerprint density at radius 2 is 1.92 bits per heavy atom. The molecule has 0 amide bonds. The van der Waals surface area contributed by atoms with Gasteiger partial charge in [0.25, 0.3) is 0 Å². The molecule has 0 spiro atoms. The maximum absolute atomic E-state index is 2.25. The summed E-state index contributed by atoms with van der Waals surface area (Å²) < 4.78 is 0. The number of hydrogen-bond donors (Lipinski definition) is 0. The van der Waals surface area contributed by atoms with Crippen molar-refractivity contribution < 1.29 is 26.2 Å². The SMILES string of the molecule is CCCc1cc[c-](C)c1.[CH3-].[CH3-].[Zr+3]. The van der Waals surface area contributed by atoms with Crippen LogP contribution >= 0.6 is 0 Å². The summed E-state index contributed by atoms with van der Waals surface area (Å²) in [6.45, 7) is 4.35. The number of hydrogen-bond acceptors (Lipinski definition) is 0. The van der Waals surface area contributed by atoms with Gasteiger partial charge in [0.2, 0.25) is 0 Å². The first-order valence-corrected chi connectivity index (χ1v) is 3.55. The zero-order chi connectivity index (χ0) is 6.69. The maximum atomic E-state index is 2.25. The minimum atomic E-state index is 0. The van der Waals surface area contributed by atoms with Gasteiger partial charge in [-0.1, -0.05) is 26.7 Å². The first-order chi connectivity index (χ1) is 4.33. The molecule has 1 heteroatoms. The van der Waals surface area contributed by atoms with Crippen molar-refractivity contribution in [2.45, 2.75) is 26.7 Å². The van der Waals surface area contributed by atoms with Gasteiger partial charge in [0.15, 0.2) is 0 Å². The Morgan fingerprint density at radius 1 is 1.33 bits per heavy atom. The van der Waals surface area contributed by atoms with Crippen LogP contribution in [0.2, 0.25) is 0 Å². The van der Waals surface area contributed by atoms with Crippen LogP contribution in [0.25, 0.3) is 0 Å². The van der Waals surface area contributed by atoms with Crippen molar-refractivity contribution in [3.8, 4) is 0 Å². The van der Waals surface area contributed by atoms with E-state index < -0.39 is 0 Å². The molecule has 0 saturated heterocycles. The molecule has 1 rings (SSSR count). The van der Waals surface area contributed by atoms with Gasteiger partial charge in [0, 0.05) is 0 Å². The van der Waals surface area contributed by atoms with Gasteiger partial charge in [0.1, 0.15) is 0 Å². The standard InChI is InChI=1S/C9H13.2CH3.Zr/c1-3-4-9-6-5-8(2)7-9;;;/h5-7H,3-4H2,1-2H3;2*1H3;/q3*-1;+3. The van der Waals surface area contributed by atoms with Crippen molar-refractivity contribution >= 4 is 0 Å². The largest absolute Gasteiger partial charge is 3.00 e. The average Bonchev–Trinajstić information content (AvgIpc) is 2.17. The van der Waals surface area contributed by atoms with Crippen LogP contribution in [0.3, 0.4) is 0 Å². The predicted molar refractivity (Wildman–Crippen MR) is 53.6 cm³/mol. The summed E-state index contributed by atoms with van der Waals surface area (Å²) in [5.41, 5.74) is 2.87. The van der Waals surface area contributed by atoms with E-state index in [0.29, 0.717) is 0 Å². The molecule has 0 atom stereocenters. The molecule has 0 aromatic heterocycles. The predicted octanol–water partition coefficient (Wildman–Crippen LogP) is 3.56. The summed E-state index contributed by atoms with van der Waals surface area (Å²) in [5.74, 6) is 0. The minimum Gasteiger partial charge on any atom is -0.358 e. The maximum Gasteiger partial charge on any atom is 3.00 e. The molecule has 0 unspecified atom stereocenters. The van der Waals surface area contributed by atoms with Gasteiger partial charge >= 0.3 is 26.2 Å². The van der Waals surface area contributed by atoms with E-state index in [1.54, 1.807) is 0 Å². The average molecular weight is 242 g/mol. The second kappa shape index (κ2) is 9.32. The van der Waals surface area contributed by atoms with Gasteiger partial charge in [-0.25, -0.2) is 6.07 Å². The van der Waals surface area contributed by atoms with Gasteiger partial charge in [-0.3, -0.25) is 0 Å².